The van der Waals surface area contributed by atoms with E-state index in [2.05, 4.69) is 31.2 Å². The van der Waals surface area contributed by atoms with Crippen molar-refractivity contribution in [3.8, 4) is 0 Å². The summed E-state index contributed by atoms with van der Waals surface area (Å²) in [4.78, 5) is 17.7. The van der Waals surface area contributed by atoms with Crippen molar-refractivity contribution in [2.75, 3.05) is 55.3 Å². The van der Waals surface area contributed by atoms with Crippen LogP contribution in [0.5, 0.6) is 0 Å². The summed E-state index contributed by atoms with van der Waals surface area (Å²) in [6, 6.07) is 0.676. The number of hydrogen-bond donors (Lipinski definition) is 1. The molecule has 8 heteroatoms. The minimum atomic E-state index is 0.666. The molecule has 3 saturated heterocycles. The molecule has 5 heterocycles. The number of rotatable bonds is 3. The minimum Gasteiger partial charge on any atom is -0.355 e. The first-order chi connectivity index (χ1) is 14.2. The summed E-state index contributed by atoms with van der Waals surface area (Å²) in [6.45, 7) is 6.70. The van der Waals surface area contributed by atoms with Crippen LogP contribution < -0.4 is 9.80 Å². The van der Waals surface area contributed by atoms with Gasteiger partial charge in [-0.1, -0.05) is 6.42 Å². The molecule has 1 spiro atoms. The molecular weight excluding hydrogens is 382 g/mol. The monoisotopic (exact) mass is 413 g/mol. The average Bonchev–Trinajstić information content (AvgIpc) is 3.23. The maximum absolute atomic E-state index is 5.15. The van der Waals surface area contributed by atoms with Crippen molar-refractivity contribution in [3.05, 3.63) is 6.20 Å². The van der Waals surface area contributed by atoms with Gasteiger partial charge in [-0.2, -0.15) is 26.8 Å². The molecule has 1 N–H and O–H groups in total. The Kier molecular flexibility index (Phi) is 4.41. The molecule has 4 fully saturated rings. The molecule has 2 atom stereocenters. The van der Waals surface area contributed by atoms with Gasteiger partial charge in [-0.3, -0.25) is 10.00 Å². The van der Waals surface area contributed by atoms with Gasteiger partial charge in [0.25, 0.3) is 0 Å². The number of anilines is 2. The maximum Gasteiger partial charge on any atom is 0.229 e. The Hall–Kier alpha value is -1.54. The Bertz CT molecular complexity index is 894. The van der Waals surface area contributed by atoms with E-state index in [0.29, 0.717) is 16.7 Å². The smallest absolute Gasteiger partial charge is 0.229 e. The van der Waals surface area contributed by atoms with Gasteiger partial charge in [0.05, 0.1) is 11.6 Å². The third-order valence-corrected chi connectivity index (χ3v) is 8.64. The van der Waals surface area contributed by atoms with E-state index in [1.54, 1.807) is 0 Å². The molecule has 156 valence electrons. The van der Waals surface area contributed by atoms with Gasteiger partial charge in [-0.25, -0.2) is 0 Å². The van der Waals surface area contributed by atoms with Gasteiger partial charge >= 0.3 is 0 Å². The van der Waals surface area contributed by atoms with E-state index in [9.17, 15) is 0 Å². The first-order valence-electron chi connectivity index (χ1n) is 11.2. The van der Waals surface area contributed by atoms with E-state index in [1.807, 2.05) is 18.0 Å². The fraction of sp³-hybridized carbons (Fsp3) is 0.762. The van der Waals surface area contributed by atoms with Crippen molar-refractivity contribution in [3.63, 3.8) is 0 Å². The molecule has 4 aliphatic rings. The highest BCUT2D eigenvalue weighted by Gasteiger charge is 2.52. The Labute approximate surface area is 176 Å². The Morgan fingerprint density at radius 2 is 2.03 bits per heavy atom. The fourth-order valence-corrected chi connectivity index (χ4v) is 6.42. The molecule has 29 heavy (non-hydrogen) atoms. The quantitative estimate of drug-likeness (QED) is 0.830. The molecule has 0 amide bonds. The van der Waals surface area contributed by atoms with Gasteiger partial charge in [-0.15, -0.1) is 0 Å². The minimum absolute atomic E-state index is 0.666. The van der Waals surface area contributed by atoms with Crippen LogP contribution in [0.3, 0.4) is 0 Å². The summed E-state index contributed by atoms with van der Waals surface area (Å²) in [5, 5.41) is 9.16. The van der Waals surface area contributed by atoms with E-state index in [-0.39, 0.29) is 0 Å². The van der Waals surface area contributed by atoms with Crippen LogP contribution in [0.2, 0.25) is 0 Å². The molecule has 0 bridgehead atoms. The zero-order valence-corrected chi connectivity index (χ0v) is 18.1. The largest absolute Gasteiger partial charge is 0.355 e. The number of nitrogens with one attached hydrogen (secondary N) is 1. The Morgan fingerprint density at radius 1 is 1.10 bits per heavy atom. The first kappa shape index (κ1) is 18.2. The number of thioether (sulfide) groups is 1. The lowest BCUT2D eigenvalue weighted by molar-refractivity contribution is 0.226. The molecule has 1 saturated carbocycles. The van der Waals surface area contributed by atoms with Crippen LogP contribution in [-0.4, -0.2) is 81.9 Å². The van der Waals surface area contributed by atoms with Crippen LogP contribution in [0, 0.1) is 5.41 Å². The van der Waals surface area contributed by atoms with Gasteiger partial charge in [0.15, 0.2) is 5.65 Å². The number of H-pyrrole nitrogens is 1. The normalized spacial score (nSPS) is 29.4. The van der Waals surface area contributed by atoms with Gasteiger partial charge in [0, 0.05) is 50.6 Å². The van der Waals surface area contributed by atoms with Crippen molar-refractivity contribution >= 4 is 34.6 Å². The van der Waals surface area contributed by atoms with Crippen LogP contribution in [0.15, 0.2) is 6.20 Å². The van der Waals surface area contributed by atoms with E-state index in [0.717, 1.165) is 55.5 Å². The molecule has 1 aliphatic carbocycles. The standard InChI is InChI=1S/C21H31N7S/c1-29-16-4-2-3-7-26(13-16)19-17-11-22-25-18(17)23-20(24-19)27-8-9-28-14-21(5-6-21)10-15(28)12-27/h11,15-16H,2-10,12-14H2,1H3,(H,22,23,24,25)/t15-,16?/m0/s1. The fourth-order valence-electron chi connectivity index (χ4n) is 5.69. The van der Waals surface area contributed by atoms with E-state index < -0.39 is 0 Å². The predicted molar refractivity (Wildman–Crippen MR) is 119 cm³/mol. The van der Waals surface area contributed by atoms with E-state index in [1.165, 1.54) is 45.1 Å². The lowest BCUT2D eigenvalue weighted by atomic mass is 10.0. The van der Waals surface area contributed by atoms with E-state index in [4.69, 9.17) is 9.97 Å². The van der Waals surface area contributed by atoms with Crippen molar-refractivity contribution < 1.29 is 0 Å². The highest BCUT2D eigenvalue weighted by molar-refractivity contribution is 7.99. The topological polar surface area (TPSA) is 64.2 Å². The van der Waals surface area contributed by atoms with Gasteiger partial charge in [0.2, 0.25) is 5.95 Å². The number of aromatic amines is 1. The summed E-state index contributed by atoms with van der Waals surface area (Å²) in [7, 11) is 0. The number of piperazine rings is 1. The second kappa shape index (κ2) is 7.01. The number of aromatic nitrogens is 4. The zero-order chi connectivity index (χ0) is 19.4. The predicted octanol–water partition coefficient (Wildman–Crippen LogP) is 2.75. The third kappa shape index (κ3) is 3.28. The van der Waals surface area contributed by atoms with Gasteiger partial charge < -0.3 is 9.80 Å². The third-order valence-electron chi connectivity index (χ3n) is 7.59. The highest BCUT2D eigenvalue weighted by Crippen LogP contribution is 2.55. The number of fused-ring (bicyclic) bond motifs is 2. The van der Waals surface area contributed by atoms with Gasteiger partial charge in [0.1, 0.15) is 5.82 Å². The Morgan fingerprint density at radius 3 is 2.90 bits per heavy atom. The number of hydrogen-bond acceptors (Lipinski definition) is 7. The number of nitrogens with zero attached hydrogens (tertiary/aromatic N) is 6. The summed E-state index contributed by atoms with van der Waals surface area (Å²) < 4.78 is 0. The summed E-state index contributed by atoms with van der Waals surface area (Å²) in [6.07, 6.45) is 12.2. The van der Waals surface area contributed by atoms with Crippen molar-refractivity contribution in [1.82, 2.24) is 25.1 Å². The first-order valence-corrected chi connectivity index (χ1v) is 12.5. The molecular formula is C21H31N7S. The molecule has 0 radical (unpaired) electrons. The molecule has 0 aromatic carbocycles. The average molecular weight is 414 g/mol. The second-order valence-corrected chi connectivity index (χ2v) is 10.7. The molecule has 7 nitrogen and oxygen atoms in total. The van der Waals surface area contributed by atoms with Crippen LogP contribution in [0.4, 0.5) is 11.8 Å². The molecule has 3 aliphatic heterocycles. The summed E-state index contributed by atoms with van der Waals surface area (Å²) >= 11 is 1.99. The molecule has 2 aromatic heterocycles. The van der Waals surface area contributed by atoms with Gasteiger partial charge in [-0.05, 0) is 43.8 Å². The lowest BCUT2D eigenvalue weighted by Gasteiger charge is -2.37. The second-order valence-electron chi connectivity index (χ2n) is 9.55. The van der Waals surface area contributed by atoms with Crippen LogP contribution >= 0.6 is 11.8 Å². The highest BCUT2D eigenvalue weighted by atomic mass is 32.2. The van der Waals surface area contributed by atoms with Crippen LogP contribution in [0.25, 0.3) is 11.0 Å². The summed E-state index contributed by atoms with van der Waals surface area (Å²) in [5.41, 5.74) is 1.54. The van der Waals surface area contributed by atoms with Crippen molar-refractivity contribution in [1.29, 1.82) is 0 Å². The Balaban J connectivity index is 1.31. The zero-order valence-electron chi connectivity index (χ0n) is 17.3. The van der Waals surface area contributed by atoms with Crippen molar-refractivity contribution in [2.24, 2.45) is 5.41 Å². The van der Waals surface area contributed by atoms with E-state index >= 15 is 0 Å². The molecule has 6 rings (SSSR count). The maximum atomic E-state index is 5.15. The lowest BCUT2D eigenvalue weighted by Crippen LogP contribution is -2.50. The van der Waals surface area contributed by atoms with Crippen molar-refractivity contribution in [2.45, 2.75) is 49.8 Å². The SMILES string of the molecule is CSC1CCCCN(c2nc(N3CCN4CC5(CC5)C[C@H]4C3)nc3[nH]ncc23)C1. The van der Waals surface area contributed by atoms with Crippen LogP contribution in [0.1, 0.15) is 38.5 Å². The van der Waals surface area contributed by atoms with Crippen LogP contribution in [-0.2, 0) is 0 Å². The molecule has 1 unspecified atom stereocenters. The summed E-state index contributed by atoms with van der Waals surface area (Å²) in [5.74, 6) is 1.96. The molecule has 2 aromatic rings.